The summed E-state index contributed by atoms with van der Waals surface area (Å²) in [6, 6.07) is -7.42. The molecule has 0 radical (unpaired) electrons. The van der Waals surface area contributed by atoms with Gasteiger partial charge in [0.1, 0.15) is 219 Å². The van der Waals surface area contributed by atoms with E-state index in [9.17, 15) is 147 Å². The summed E-state index contributed by atoms with van der Waals surface area (Å²) in [5, 5.41) is 286. The molecule has 4 amide bonds. The molecule has 0 aromatic heterocycles. The van der Waals surface area contributed by atoms with Crippen LogP contribution >= 0.6 is 0 Å². The van der Waals surface area contributed by atoms with Crippen LogP contribution < -0.4 is 21.3 Å². The minimum absolute atomic E-state index is 0.788. The lowest BCUT2D eigenvalue weighted by Crippen LogP contribution is -2.71. The highest BCUT2D eigenvalue weighted by atomic mass is 16.8. The van der Waals surface area contributed by atoms with Crippen LogP contribution in [0.4, 0.5) is 0 Å². The highest BCUT2D eigenvalue weighted by Crippen LogP contribution is 2.40. The zero-order valence-corrected chi connectivity index (χ0v) is 60.1. The highest BCUT2D eigenvalue weighted by Gasteiger charge is 2.61. The predicted molar refractivity (Wildman–Crippen MR) is 343 cm³/mol. The van der Waals surface area contributed by atoms with Gasteiger partial charge in [0, 0.05) is 27.7 Å². The second-order valence-corrected chi connectivity index (χ2v) is 28.2. The molecular formula is C62H104N4O46. The van der Waals surface area contributed by atoms with Crippen LogP contribution in [0.1, 0.15) is 27.7 Å². The van der Waals surface area contributed by atoms with Gasteiger partial charge < -0.3 is 229 Å². The summed E-state index contributed by atoms with van der Waals surface area (Å²) in [7, 11) is 0. The van der Waals surface area contributed by atoms with Gasteiger partial charge in [0.15, 0.2) is 56.6 Å². The van der Waals surface area contributed by atoms with Gasteiger partial charge in [-0.1, -0.05) is 0 Å². The van der Waals surface area contributed by atoms with Crippen molar-refractivity contribution in [3.05, 3.63) is 0 Å². The minimum Gasteiger partial charge on any atom is -0.394 e. The van der Waals surface area contributed by atoms with Crippen molar-refractivity contribution in [1.82, 2.24) is 21.3 Å². The monoisotopic (exact) mass is 1640 g/mol. The number of rotatable bonds is 29. The number of nitrogens with one attached hydrogen (secondary N) is 4. The van der Waals surface area contributed by atoms with Crippen molar-refractivity contribution < 1.29 is 227 Å². The fourth-order valence-corrected chi connectivity index (χ4v) is 14.5. The molecule has 112 heavy (non-hydrogen) atoms. The Bertz CT molecular complexity index is 2970. The van der Waals surface area contributed by atoms with Gasteiger partial charge >= 0.3 is 0 Å². The van der Waals surface area contributed by atoms with Crippen LogP contribution in [-0.2, 0) is 99.7 Å². The zero-order valence-electron chi connectivity index (χ0n) is 60.1. The molecule has 648 valence electrons. The summed E-state index contributed by atoms with van der Waals surface area (Å²) in [6.45, 7) is -6.01. The third kappa shape index (κ3) is 20.2. The Labute approximate surface area is 634 Å². The molecule has 45 atom stereocenters. The van der Waals surface area contributed by atoms with Crippen LogP contribution in [0.2, 0.25) is 0 Å². The maximum Gasteiger partial charge on any atom is 0.217 e. The van der Waals surface area contributed by atoms with E-state index in [0.717, 1.165) is 27.7 Å². The standard InChI is InChI=1S/C62H104N4O46/c1-14(75)63-27-36(84)47(22(9-71)97-54(27)95)106-55-28(64-15(2)76)37(85)50(25(12-74)102-55)109-60-46(94)51(110-62-53(43(91)34(82)21(8-70)101-62)112-57-30(66-17(4)78)39(87)49(24(11-73)104-57)108-59-45(93)41(89)32(80)19(6-68)99-59)35(83)26(105-60)13-96-61-52(42(90)33(81)20(7-69)100-61)111-56-29(65-16(3)77)38(86)48(23(10-72)103-56)107-58-44(92)40(88)31(79)18(5-67)98-58/h18-62,67-74,79-95H,5-13H2,1-4H3,(H,63,75)(H,64,76)(H,65,77)(H,66,78)/t18-,19-,20-,21-,22-,23-,24-,25-,26-,27-,28-,29-,30-,31+,32+,33-,34-,35-,36-,37-,38-,39-,40+,41+,42+,43+,44-,45-,46+,47-,48-,49-,50-,51+,52+,53+,54-,55+,56+,57+,58-,59-,60+,61+,62-/m1/s1. The van der Waals surface area contributed by atoms with Gasteiger partial charge in [-0.05, 0) is 0 Å². The number of ether oxygens (including phenoxy) is 17. The molecule has 9 aliphatic heterocycles. The van der Waals surface area contributed by atoms with E-state index in [4.69, 9.17) is 80.5 Å². The Morgan fingerprint density at radius 3 is 0.830 bits per heavy atom. The number of hydrogen-bond acceptors (Lipinski definition) is 46. The molecule has 0 bridgehead atoms. The fourth-order valence-electron chi connectivity index (χ4n) is 14.5. The van der Waals surface area contributed by atoms with Crippen molar-refractivity contribution in [3.8, 4) is 0 Å². The molecule has 0 aliphatic carbocycles. The molecule has 9 aliphatic rings. The van der Waals surface area contributed by atoms with E-state index >= 15 is 0 Å². The Hall–Kier alpha value is -3.80. The number of carbonyl (C=O) groups is 4. The Balaban J connectivity index is 1.05. The SMILES string of the molecule is CC(=O)N[C@@H]1[C@@H](O)[C@H](O[C@@H]2O[C@H](CO)[C@@H](O[C@@H]3O[C@H](CO[C@H]4O[C@H](CO)[C@@H](O)[C@H](O)[C@@H]4O[C@@H]4O[C@H](CO)[C@@H](O[C@H]5O[C@H](CO)[C@H](O)[C@H](O)[C@H]5O)[C@H](O)[C@H]4NC(C)=O)[C@@H](O)[C@H](O[C@H]4O[C@H](CO)[C@@H](O)[C@H](O)[C@@H]4O[C@@H]4O[C@H](CO)[C@@H](O[C@H]5O[C@H](CO)[C@H](O)[C@H](O)[C@H]5O)[C@H](O)[C@H]4NC(C)=O)[C@@H]3O)[C@H](O)[C@H]2NC(C)=O)[C@@H](CO)O[C@H]1O. The fraction of sp³-hybridized carbons (Fsp3) is 0.935. The zero-order chi connectivity index (χ0) is 82.5. The first kappa shape index (κ1) is 92.1. The van der Waals surface area contributed by atoms with Gasteiger partial charge in [-0.3, -0.25) is 19.2 Å². The van der Waals surface area contributed by atoms with Crippen molar-refractivity contribution in [2.45, 2.75) is 304 Å². The molecule has 0 unspecified atom stereocenters. The van der Waals surface area contributed by atoms with Gasteiger partial charge in [0.05, 0.1) is 59.5 Å². The Kier molecular flexibility index (Phi) is 33.1. The lowest BCUT2D eigenvalue weighted by atomic mass is 9.93. The van der Waals surface area contributed by atoms with Crippen LogP contribution in [-0.4, -0.2) is 487 Å². The molecule has 29 N–H and O–H groups in total. The van der Waals surface area contributed by atoms with Crippen LogP contribution in [0.15, 0.2) is 0 Å². The highest BCUT2D eigenvalue weighted by molar-refractivity contribution is 5.74. The molecule has 9 rings (SSSR count). The summed E-state index contributed by atoms with van der Waals surface area (Å²) < 4.78 is 101. The number of aliphatic hydroxyl groups is 25. The topological polar surface area (TPSA) is 779 Å². The van der Waals surface area contributed by atoms with E-state index in [1.54, 1.807) is 0 Å². The quantitative estimate of drug-likeness (QED) is 0.0331. The average molecular weight is 1640 g/mol. The minimum atomic E-state index is -2.57. The van der Waals surface area contributed by atoms with Gasteiger partial charge in [0.2, 0.25) is 23.6 Å². The summed E-state index contributed by atoms with van der Waals surface area (Å²) in [5.74, 6) is -3.62. The molecule has 0 spiro atoms. The van der Waals surface area contributed by atoms with Crippen molar-refractivity contribution in [1.29, 1.82) is 0 Å². The molecular weight excluding hydrogens is 1540 g/mol. The molecule has 9 saturated heterocycles. The normalized spacial score (nSPS) is 48.9. The lowest BCUT2D eigenvalue weighted by molar-refractivity contribution is -0.399. The molecule has 0 aromatic rings. The van der Waals surface area contributed by atoms with Crippen molar-refractivity contribution in [2.24, 2.45) is 0 Å². The van der Waals surface area contributed by atoms with E-state index in [1.807, 2.05) is 0 Å². The summed E-state index contributed by atoms with van der Waals surface area (Å²) in [5.41, 5.74) is 0. The van der Waals surface area contributed by atoms with E-state index < -0.39 is 359 Å². The van der Waals surface area contributed by atoms with Crippen molar-refractivity contribution in [2.75, 3.05) is 59.5 Å². The van der Waals surface area contributed by atoms with Gasteiger partial charge in [0.25, 0.3) is 0 Å². The predicted octanol–water partition coefficient (Wildman–Crippen LogP) is -20.1. The van der Waals surface area contributed by atoms with E-state index in [1.165, 1.54) is 0 Å². The van der Waals surface area contributed by atoms with Crippen LogP contribution in [0.25, 0.3) is 0 Å². The Morgan fingerprint density at radius 2 is 0.482 bits per heavy atom. The first-order chi connectivity index (χ1) is 53.0. The second kappa shape index (κ2) is 40.3. The average Bonchev–Trinajstić information content (AvgIpc) is 0.966. The molecule has 0 saturated carbocycles. The number of amides is 4. The lowest BCUT2D eigenvalue weighted by Gasteiger charge is -2.51. The first-order valence-corrected chi connectivity index (χ1v) is 35.6. The van der Waals surface area contributed by atoms with Gasteiger partial charge in [-0.15, -0.1) is 0 Å². The van der Waals surface area contributed by atoms with Crippen LogP contribution in [0.3, 0.4) is 0 Å². The second-order valence-electron chi connectivity index (χ2n) is 28.2. The van der Waals surface area contributed by atoms with Gasteiger partial charge in [-0.25, -0.2) is 0 Å². The number of aliphatic hydroxyl groups excluding tert-OH is 25. The van der Waals surface area contributed by atoms with Crippen molar-refractivity contribution in [3.63, 3.8) is 0 Å². The Morgan fingerprint density at radius 1 is 0.232 bits per heavy atom. The molecule has 9 heterocycles. The van der Waals surface area contributed by atoms with Gasteiger partial charge in [-0.2, -0.15) is 0 Å². The van der Waals surface area contributed by atoms with E-state index in [-0.39, 0.29) is 0 Å². The summed E-state index contributed by atoms with van der Waals surface area (Å²) >= 11 is 0. The number of carbonyl (C=O) groups excluding carboxylic acids is 4. The molecule has 0 aromatic carbocycles. The van der Waals surface area contributed by atoms with E-state index in [0.29, 0.717) is 0 Å². The third-order valence-electron chi connectivity index (χ3n) is 20.4. The third-order valence-corrected chi connectivity index (χ3v) is 20.4. The number of hydrogen-bond donors (Lipinski definition) is 29. The maximum absolute atomic E-state index is 13.0. The summed E-state index contributed by atoms with van der Waals surface area (Å²) in [6.07, 6.45) is -85.1. The van der Waals surface area contributed by atoms with Crippen LogP contribution in [0, 0.1) is 0 Å². The largest absolute Gasteiger partial charge is 0.394 e. The smallest absolute Gasteiger partial charge is 0.217 e. The summed E-state index contributed by atoms with van der Waals surface area (Å²) in [4.78, 5) is 50.9. The molecule has 50 nitrogen and oxygen atoms in total. The van der Waals surface area contributed by atoms with E-state index in [2.05, 4.69) is 21.3 Å². The van der Waals surface area contributed by atoms with Crippen LogP contribution in [0.5, 0.6) is 0 Å². The maximum atomic E-state index is 13.0. The molecule has 50 heteroatoms. The van der Waals surface area contributed by atoms with Crippen molar-refractivity contribution >= 4 is 23.6 Å². The molecule has 9 fully saturated rings. The first-order valence-electron chi connectivity index (χ1n) is 35.6.